The number of methoxy groups -OCH3 is 1. The molecule has 1 aromatic heterocycles. The fourth-order valence-corrected chi connectivity index (χ4v) is 6.16. The van der Waals surface area contributed by atoms with Crippen molar-refractivity contribution in [3.05, 3.63) is 112 Å². The Bertz CT molecular complexity index is 1940. The molecule has 3 aromatic carbocycles. The Hall–Kier alpha value is -5.65. The highest BCUT2D eigenvalue weighted by molar-refractivity contribution is 5.96. The van der Waals surface area contributed by atoms with Crippen LogP contribution in [0.25, 0.3) is 11.1 Å². The molecule has 254 valence electrons. The number of ether oxygens (including phenoxy) is 3. The van der Waals surface area contributed by atoms with E-state index in [1.54, 1.807) is 58.0 Å². The van der Waals surface area contributed by atoms with E-state index in [1.807, 2.05) is 19.1 Å². The van der Waals surface area contributed by atoms with E-state index in [-0.39, 0.29) is 49.9 Å². The SMILES string of the molecule is COc1ccc2cc1-c1cccc(c1)OCC(=O)NCc1cc(F)cc(c1)O[C@@H]1CCN(C(=O)CCn3c(C)cccc3=O)C[C@H]1NC2=O. The molecule has 0 saturated carbocycles. The number of benzene rings is 3. The van der Waals surface area contributed by atoms with Gasteiger partial charge in [0.25, 0.3) is 17.4 Å². The standard InChI is InChI=1S/C37H37FN4O7/c1-23-5-3-8-36(45)42(23)14-12-35(44)41-13-11-33-31(21-41)40-37(46)26-9-10-32(47-2)30(18-26)25-6-4-7-28(17-25)48-22-34(43)39-20-24-15-27(38)19-29(16-24)49-33/h3-10,15-19,31,33H,11-14,20-22H2,1-2H3,(H,39,43)(H,40,46)/t31-,33-/m1/s1. The minimum absolute atomic E-state index is 0.0382. The van der Waals surface area contributed by atoms with Gasteiger partial charge in [-0.15, -0.1) is 0 Å². The lowest BCUT2D eigenvalue weighted by molar-refractivity contribution is -0.134. The topological polar surface area (TPSA) is 128 Å². The van der Waals surface area contributed by atoms with Gasteiger partial charge in [0, 0.05) is 68.0 Å². The third-order valence-electron chi connectivity index (χ3n) is 8.72. The second kappa shape index (κ2) is 14.6. The highest BCUT2D eigenvalue weighted by atomic mass is 19.1. The van der Waals surface area contributed by atoms with Crippen molar-refractivity contribution in [1.82, 2.24) is 20.1 Å². The quantitative estimate of drug-likeness (QED) is 0.338. The Morgan fingerprint density at radius 1 is 0.980 bits per heavy atom. The van der Waals surface area contributed by atoms with Gasteiger partial charge in [0.15, 0.2) is 6.61 Å². The molecule has 0 aliphatic carbocycles. The predicted molar refractivity (Wildman–Crippen MR) is 179 cm³/mol. The first-order valence-electron chi connectivity index (χ1n) is 16.1. The van der Waals surface area contributed by atoms with Gasteiger partial charge in [0.1, 0.15) is 29.2 Å². The first-order valence-corrected chi connectivity index (χ1v) is 16.1. The summed E-state index contributed by atoms with van der Waals surface area (Å²) >= 11 is 0. The minimum Gasteiger partial charge on any atom is -0.496 e. The molecular weight excluding hydrogens is 631 g/mol. The average Bonchev–Trinajstić information content (AvgIpc) is 3.09. The molecule has 2 aliphatic rings. The number of halogens is 1. The van der Waals surface area contributed by atoms with Crippen molar-refractivity contribution in [2.24, 2.45) is 0 Å². The van der Waals surface area contributed by atoms with Crippen LogP contribution < -0.4 is 30.4 Å². The van der Waals surface area contributed by atoms with Gasteiger partial charge in [-0.3, -0.25) is 19.2 Å². The number of amides is 3. The summed E-state index contributed by atoms with van der Waals surface area (Å²) in [5.41, 5.74) is 2.73. The highest BCUT2D eigenvalue weighted by Crippen LogP contribution is 2.33. The molecule has 49 heavy (non-hydrogen) atoms. The summed E-state index contributed by atoms with van der Waals surface area (Å²) in [6.07, 6.45) is -0.164. The normalized spacial score (nSPS) is 17.9. The van der Waals surface area contributed by atoms with E-state index in [0.29, 0.717) is 46.7 Å². The van der Waals surface area contributed by atoms with Crippen LogP contribution in [0.5, 0.6) is 17.2 Å². The molecule has 2 aliphatic heterocycles. The monoisotopic (exact) mass is 668 g/mol. The molecule has 12 heteroatoms. The second-order valence-electron chi connectivity index (χ2n) is 12.1. The number of piperidine rings is 1. The molecule has 1 saturated heterocycles. The molecule has 4 aromatic rings. The molecule has 3 heterocycles. The number of aryl methyl sites for hydroxylation is 1. The van der Waals surface area contributed by atoms with E-state index in [1.165, 1.54) is 25.3 Å². The zero-order chi connectivity index (χ0) is 34.5. The third kappa shape index (κ3) is 7.91. The van der Waals surface area contributed by atoms with E-state index >= 15 is 0 Å². The fraction of sp³-hybridized carbons (Fsp3) is 0.297. The Balaban J connectivity index is 1.31. The number of aromatic nitrogens is 1. The summed E-state index contributed by atoms with van der Waals surface area (Å²) in [7, 11) is 1.54. The van der Waals surface area contributed by atoms with Crippen LogP contribution in [-0.2, 0) is 22.7 Å². The molecule has 6 bridgehead atoms. The van der Waals surface area contributed by atoms with Crippen LogP contribution in [0.1, 0.15) is 34.5 Å². The van der Waals surface area contributed by atoms with Gasteiger partial charge in [-0.1, -0.05) is 18.2 Å². The summed E-state index contributed by atoms with van der Waals surface area (Å²) < 4.78 is 33.9. The average molecular weight is 669 g/mol. The van der Waals surface area contributed by atoms with Crippen LogP contribution in [-0.4, -0.2) is 66.1 Å². The van der Waals surface area contributed by atoms with Crippen molar-refractivity contribution in [3.8, 4) is 28.4 Å². The van der Waals surface area contributed by atoms with E-state index in [0.717, 1.165) is 5.69 Å². The maximum absolute atomic E-state index is 14.7. The summed E-state index contributed by atoms with van der Waals surface area (Å²) in [5.74, 6) is -0.323. The van der Waals surface area contributed by atoms with E-state index in [4.69, 9.17) is 14.2 Å². The van der Waals surface area contributed by atoms with Crippen LogP contribution in [0.3, 0.4) is 0 Å². The lowest BCUT2D eigenvalue weighted by Crippen LogP contribution is -2.58. The number of pyridine rings is 1. The first kappa shape index (κ1) is 33.3. The van der Waals surface area contributed by atoms with Gasteiger partial charge in [-0.25, -0.2) is 4.39 Å². The van der Waals surface area contributed by atoms with Crippen molar-refractivity contribution >= 4 is 17.7 Å². The van der Waals surface area contributed by atoms with Gasteiger partial charge in [0.05, 0.1) is 13.2 Å². The largest absolute Gasteiger partial charge is 0.496 e. The van der Waals surface area contributed by atoms with Crippen LogP contribution >= 0.6 is 0 Å². The molecule has 2 atom stereocenters. The second-order valence-corrected chi connectivity index (χ2v) is 12.1. The smallest absolute Gasteiger partial charge is 0.258 e. The van der Waals surface area contributed by atoms with Crippen LogP contribution in [0.2, 0.25) is 0 Å². The van der Waals surface area contributed by atoms with Crippen molar-refractivity contribution in [2.45, 2.75) is 45.0 Å². The number of nitrogens with zero attached hydrogens (tertiary/aromatic N) is 2. The molecule has 3 amide bonds. The molecule has 11 nitrogen and oxygen atoms in total. The summed E-state index contributed by atoms with van der Waals surface area (Å²) in [5, 5.41) is 5.81. The van der Waals surface area contributed by atoms with Gasteiger partial charge >= 0.3 is 0 Å². The Kier molecular flexibility index (Phi) is 9.93. The summed E-state index contributed by atoms with van der Waals surface area (Å²) in [4.78, 5) is 53.9. The Morgan fingerprint density at radius 3 is 2.63 bits per heavy atom. The van der Waals surface area contributed by atoms with Gasteiger partial charge in [-0.2, -0.15) is 0 Å². The molecule has 0 radical (unpaired) electrons. The van der Waals surface area contributed by atoms with Crippen molar-refractivity contribution < 1.29 is 33.0 Å². The Labute approximate surface area is 282 Å². The molecule has 6 rings (SSSR count). The molecular formula is C37H37FN4O7. The summed E-state index contributed by atoms with van der Waals surface area (Å²) in [6.45, 7) is 2.28. The zero-order valence-electron chi connectivity index (χ0n) is 27.2. The lowest BCUT2D eigenvalue weighted by Gasteiger charge is -2.39. The van der Waals surface area contributed by atoms with E-state index in [9.17, 15) is 23.6 Å². The van der Waals surface area contributed by atoms with Crippen molar-refractivity contribution in [2.75, 3.05) is 26.8 Å². The van der Waals surface area contributed by atoms with Crippen LogP contribution in [0, 0.1) is 12.7 Å². The maximum atomic E-state index is 14.7. The lowest BCUT2D eigenvalue weighted by atomic mass is 9.99. The van der Waals surface area contributed by atoms with Gasteiger partial charge in [-0.05, 0) is 66.6 Å². The number of carbonyl (C=O) groups excluding carboxylic acids is 3. The number of carbonyl (C=O) groups is 3. The van der Waals surface area contributed by atoms with Crippen molar-refractivity contribution in [1.29, 1.82) is 0 Å². The van der Waals surface area contributed by atoms with Crippen LogP contribution in [0.15, 0.2) is 83.7 Å². The third-order valence-corrected chi connectivity index (χ3v) is 8.72. The number of hydrogen-bond acceptors (Lipinski definition) is 7. The minimum atomic E-state index is -0.665. The zero-order valence-corrected chi connectivity index (χ0v) is 27.2. The molecule has 0 unspecified atom stereocenters. The van der Waals surface area contributed by atoms with E-state index in [2.05, 4.69) is 10.6 Å². The Morgan fingerprint density at radius 2 is 1.82 bits per heavy atom. The fourth-order valence-electron chi connectivity index (χ4n) is 6.16. The predicted octanol–water partition coefficient (Wildman–Crippen LogP) is 3.85. The van der Waals surface area contributed by atoms with Crippen LogP contribution in [0.4, 0.5) is 4.39 Å². The number of likely N-dealkylation sites (tertiary alicyclic amines) is 1. The van der Waals surface area contributed by atoms with E-state index < -0.39 is 29.8 Å². The summed E-state index contributed by atoms with van der Waals surface area (Å²) in [6, 6.07) is 20.6. The number of hydrogen-bond donors (Lipinski definition) is 2. The van der Waals surface area contributed by atoms with Gasteiger partial charge < -0.3 is 34.3 Å². The maximum Gasteiger partial charge on any atom is 0.258 e. The van der Waals surface area contributed by atoms with Crippen molar-refractivity contribution in [3.63, 3.8) is 0 Å². The van der Waals surface area contributed by atoms with Gasteiger partial charge in [0.2, 0.25) is 5.91 Å². The number of fused-ring (bicyclic) bond motifs is 8. The first-order chi connectivity index (χ1) is 23.7. The molecule has 0 spiro atoms. The molecule has 1 fully saturated rings. The number of rotatable bonds is 4. The molecule has 2 N–H and O–H groups in total. The number of nitrogens with one attached hydrogen (secondary N) is 2. The highest BCUT2D eigenvalue weighted by Gasteiger charge is 2.34.